The molecule has 0 aliphatic rings. The lowest BCUT2D eigenvalue weighted by atomic mass is 10.4. The first-order chi connectivity index (χ1) is 4.86. The van der Waals surface area contributed by atoms with E-state index in [1.807, 2.05) is 23.6 Å². The number of fused-ring (bicyclic) bond motifs is 1. The average Bonchev–Trinajstić information content (AvgIpc) is 2.33. The maximum Gasteiger partial charge on any atom is 0.101 e. The van der Waals surface area contributed by atoms with Gasteiger partial charge in [0.1, 0.15) is 12.7 Å². The third kappa shape index (κ3) is 0.673. The predicted octanol–water partition coefficient (Wildman–Crippen LogP) is 1.04. The van der Waals surface area contributed by atoms with Crippen molar-refractivity contribution in [2.24, 2.45) is 0 Å². The number of aromatic nitrogens is 3. The van der Waals surface area contributed by atoms with Gasteiger partial charge in [0.05, 0.1) is 11.7 Å². The first-order valence-electron chi connectivity index (χ1n) is 3.10. The summed E-state index contributed by atoms with van der Waals surface area (Å²) in [5, 5.41) is 0. The van der Waals surface area contributed by atoms with Crippen LogP contribution in [0.2, 0.25) is 0 Å². The molecule has 0 aliphatic carbocycles. The van der Waals surface area contributed by atoms with Crippen LogP contribution in [-0.2, 0) is 0 Å². The summed E-state index contributed by atoms with van der Waals surface area (Å²) in [5.74, 6) is 0. The number of rotatable bonds is 0. The minimum Gasteiger partial charge on any atom is -0.290 e. The molecule has 0 spiro atoms. The van der Waals surface area contributed by atoms with Gasteiger partial charge in [-0.3, -0.25) is 4.40 Å². The van der Waals surface area contributed by atoms with Gasteiger partial charge in [0, 0.05) is 5.69 Å². The van der Waals surface area contributed by atoms with E-state index in [-0.39, 0.29) is 0 Å². The van der Waals surface area contributed by atoms with Gasteiger partial charge in [-0.2, -0.15) is 0 Å². The number of hydrogen-bond acceptors (Lipinski definition) is 2. The van der Waals surface area contributed by atoms with Crippen molar-refractivity contribution >= 4 is 5.52 Å². The Kier molecular flexibility index (Phi) is 0.974. The fourth-order valence-electron chi connectivity index (χ4n) is 0.928. The summed E-state index contributed by atoms with van der Waals surface area (Å²) >= 11 is 0. The highest BCUT2D eigenvalue weighted by Gasteiger charge is 1.90. The SMILES string of the molecule is Cc1cc2cncn2cn1. The van der Waals surface area contributed by atoms with Gasteiger partial charge in [-0.05, 0) is 13.0 Å². The molecule has 2 rings (SSSR count). The van der Waals surface area contributed by atoms with Crippen molar-refractivity contribution in [1.29, 1.82) is 0 Å². The number of aryl methyl sites for hydroxylation is 1. The van der Waals surface area contributed by atoms with E-state index < -0.39 is 0 Å². The number of hydrogen-bond donors (Lipinski definition) is 0. The van der Waals surface area contributed by atoms with Crippen molar-refractivity contribution in [2.45, 2.75) is 6.92 Å². The molecular weight excluding hydrogens is 126 g/mol. The first kappa shape index (κ1) is 5.41. The van der Waals surface area contributed by atoms with Crippen LogP contribution >= 0.6 is 0 Å². The van der Waals surface area contributed by atoms with Gasteiger partial charge in [0.2, 0.25) is 0 Å². The van der Waals surface area contributed by atoms with Crippen LogP contribution in [0.25, 0.3) is 5.52 Å². The lowest BCUT2D eigenvalue weighted by Crippen LogP contribution is -1.85. The van der Waals surface area contributed by atoms with E-state index in [0.717, 1.165) is 11.2 Å². The summed E-state index contributed by atoms with van der Waals surface area (Å²) in [4.78, 5) is 8.07. The number of nitrogens with zero attached hydrogens (tertiary/aromatic N) is 3. The van der Waals surface area contributed by atoms with E-state index in [2.05, 4.69) is 9.97 Å². The van der Waals surface area contributed by atoms with Gasteiger partial charge in [-0.25, -0.2) is 9.97 Å². The Balaban J connectivity index is 2.86. The van der Waals surface area contributed by atoms with Gasteiger partial charge >= 0.3 is 0 Å². The Labute approximate surface area is 58.4 Å². The van der Waals surface area contributed by atoms with Crippen molar-refractivity contribution in [2.75, 3.05) is 0 Å². The molecule has 0 radical (unpaired) electrons. The molecule has 0 bridgehead atoms. The minimum atomic E-state index is 1.02. The Morgan fingerprint density at radius 3 is 3.20 bits per heavy atom. The summed E-state index contributed by atoms with van der Waals surface area (Å²) in [6.45, 7) is 1.97. The molecule has 50 valence electrons. The van der Waals surface area contributed by atoms with Crippen LogP contribution in [0.3, 0.4) is 0 Å². The maximum absolute atomic E-state index is 4.10. The predicted molar refractivity (Wildman–Crippen MR) is 37.7 cm³/mol. The second-order valence-corrected chi connectivity index (χ2v) is 2.26. The molecule has 0 amide bonds. The monoisotopic (exact) mass is 133 g/mol. The zero-order chi connectivity index (χ0) is 6.97. The summed E-state index contributed by atoms with van der Waals surface area (Å²) in [6, 6.07) is 1.99. The molecule has 0 saturated heterocycles. The van der Waals surface area contributed by atoms with E-state index in [0.29, 0.717) is 0 Å². The summed E-state index contributed by atoms with van der Waals surface area (Å²) in [7, 11) is 0. The van der Waals surface area contributed by atoms with Crippen LogP contribution in [0, 0.1) is 6.92 Å². The molecule has 10 heavy (non-hydrogen) atoms. The van der Waals surface area contributed by atoms with Crippen molar-refractivity contribution < 1.29 is 0 Å². The summed E-state index contributed by atoms with van der Waals surface area (Å²) < 4.78 is 1.88. The molecule has 0 aromatic carbocycles. The lowest BCUT2D eigenvalue weighted by molar-refractivity contribution is 1.04. The van der Waals surface area contributed by atoms with Crippen LogP contribution < -0.4 is 0 Å². The molecule has 0 saturated carbocycles. The standard InChI is InChI=1S/C7H7N3/c1-6-2-7-3-8-4-10(7)5-9-6/h2-5H,1H3. The Morgan fingerprint density at radius 1 is 1.40 bits per heavy atom. The van der Waals surface area contributed by atoms with Crippen LogP contribution in [-0.4, -0.2) is 14.4 Å². The van der Waals surface area contributed by atoms with Crippen molar-refractivity contribution in [3.8, 4) is 0 Å². The van der Waals surface area contributed by atoms with E-state index in [1.54, 1.807) is 12.7 Å². The zero-order valence-corrected chi connectivity index (χ0v) is 5.65. The second-order valence-electron chi connectivity index (χ2n) is 2.26. The normalized spacial score (nSPS) is 10.5. The van der Waals surface area contributed by atoms with Crippen molar-refractivity contribution in [1.82, 2.24) is 14.4 Å². The molecule has 0 N–H and O–H groups in total. The molecule has 0 unspecified atom stereocenters. The second kappa shape index (κ2) is 1.80. The van der Waals surface area contributed by atoms with Crippen LogP contribution in [0.5, 0.6) is 0 Å². The Hall–Kier alpha value is -1.38. The van der Waals surface area contributed by atoms with Gasteiger partial charge in [0.15, 0.2) is 0 Å². The third-order valence-corrected chi connectivity index (χ3v) is 1.44. The van der Waals surface area contributed by atoms with E-state index in [1.165, 1.54) is 0 Å². The van der Waals surface area contributed by atoms with Gasteiger partial charge in [-0.15, -0.1) is 0 Å². The fourth-order valence-corrected chi connectivity index (χ4v) is 0.928. The third-order valence-electron chi connectivity index (χ3n) is 1.44. The molecule has 0 atom stereocenters. The highest BCUT2D eigenvalue weighted by Crippen LogP contribution is 2.00. The lowest BCUT2D eigenvalue weighted by Gasteiger charge is -1.91. The molecule has 0 fully saturated rings. The molecule has 2 aromatic rings. The van der Waals surface area contributed by atoms with E-state index >= 15 is 0 Å². The molecular formula is C7H7N3. The molecule has 2 heterocycles. The fraction of sp³-hybridized carbons (Fsp3) is 0.143. The van der Waals surface area contributed by atoms with Crippen LogP contribution in [0.1, 0.15) is 5.69 Å². The van der Waals surface area contributed by atoms with Gasteiger partial charge in [0.25, 0.3) is 0 Å². The van der Waals surface area contributed by atoms with E-state index in [4.69, 9.17) is 0 Å². The topological polar surface area (TPSA) is 30.2 Å². The molecule has 3 heteroatoms. The van der Waals surface area contributed by atoms with Crippen LogP contribution in [0.15, 0.2) is 24.9 Å². The summed E-state index contributed by atoms with van der Waals surface area (Å²) in [6.07, 6.45) is 5.31. The molecule has 0 aliphatic heterocycles. The van der Waals surface area contributed by atoms with Crippen molar-refractivity contribution in [3.63, 3.8) is 0 Å². The highest BCUT2D eigenvalue weighted by molar-refractivity contribution is 5.44. The van der Waals surface area contributed by atoms with Gasteiger partial charge in [-0.1, -0.05) is 0 Å². The number of imidazole rings is 1. The van der Waals surface area contributed by atoms with Crippen LogP contribution in [0.4, 0.5) is 0 Å². The average molecular weight is 133 g/mol. The van der Waals surface area contributed by atoms with Gasteiger partial charge < -0.3 is 0 Å². The highest BCUT2D eigenvalue weighted by atomic mass is 15.0. The quantitative estimate of drug-likeness (QED) is 0.537. The smallest absolute Gasteiger partial charge is 0.101 e. The Bertz CT molecular complexity index is 350. The minimum absolute atomic E-state index is 1.02. The largest absolute Gasteiger partial charge is 0.290 e. The maximum atomic E-state index is 4.10. The summed E-state index contributed by atoms with van der Waals surface area (Å²) in [5.41, 5.74) is 2.11. The zero-order valence-electron chi connectivity index (χ0n) is 5.65. The first-order valence-corrected chi connectivity index (χ1v) is 3.10. The Morgan fingerprint density at radius 2 is 2.30 bits per heavy atom. The van der Waals surface area contributed by atoms with Crippen molar-refractivity contribution in [3.05, 3.63) is 30.6 Å². The molecule has 2 aromatic heterocycles. The molecule has 3 nitrogen and oxygen atoms in total. The van der Waals surface area contributed by atoms with E-state index in [9.17, 15) is 0 Å².